The highest BCUT2D eigenvalue weighted by Gasteiger charge is 2.28. The van der Waals surface area contributed by atoms with Crippen molar-refractivity contribution in [1.82, 2.24) is 14.3 Å². The van der Waals surface area contributed by atoms with E-state index in [2.05, 4.69) is 10.0 Å². The molecule has 9 nitrogen and oxygen atoms in total. The summed E-state index contributed by atoms with van der Waals surface area (Å²) in [5.74, 6) is 0.683. The maximum absolute atomic E-state index is 12.9. The lowest BCUT2D eigenvalue weighted by molar-refractivity contribution is -0.123. The molecule has 0 spiro atoms. The van der Waals surface area contributed by atoms with Gasteiger partial charge in [-0.05, 0) is 54.3 Å². The van der Waals surface area contributed by atoms with Gasteiger partial charge in [-0.15, -0.1) is 0 Å². The van der Waals surface area contributed by atoms with Gasteiger partial charge in [-0.1, -0.05) is 19.9 Å². The van der Waals surface area contributed by atoms with E-state index >= 15 is 0 Å². The first-order valence-electron chi connectivity index (χ1n) is 11.2. The smallest absolute Gasteiger partial charge is 0.279 e. The fraction of sp³-hybridized carbons (Fsp3) is 0.458. The SMILES string of the molecule is COc1cc(CCNC(=O)C(NS(=O)(=O)N(C)C)C(C)C)ccc1OCCOc1ccc(F)cc1. The Hall–Kier alpha value is -2.89. The molecule has 0 aliphatic heterocycles. The molecular weight excluding hydrogens is 477 g/mol. The predicted octanol–water partition coefficient (Wildman–Crippen LogP) is 2.37. The van der Waals surface area contributed by atoms with Crippen LogP contribution in [0, 0.1) is 11.7 Å². The topological polar surface area (TPSA) is 106 Å². The summed E-state index contributed by atoms with van der Waals surface area (Å²) in [5.41, 5.74) is 0.909. The van der Waals surface area contributed by atoms with Gasteiger partial charge in [-0.25, -0.2) is 4.39 Å². The van der Waals surface area contributed by atoms with E-state index in [1.165, 1.54) is 33.3 Å². The van der Waals surface area contributed by atoms with Crippen LogP contribution in [0.2, 0.25) is 0 Å². The van der Waals surface area contributed by atoms with Crippen LogP contribution in [0.3, 0.4) is 0 Å². The summed E-state index contributed by atoms with van der Waals surface area (Å²) < 4.78 is 57.3. The molecule has 35 heavy (non-hydrogen) atoms. The molecular formula is C24H34FN3O6S. The summed E-state index contributed by atoms with van der Waals surface area (Å²) >= 11 is 0. The summed E-state index contributed by atoms with van der Waals surface area (Å²) in [4.78, 5) is 12.6. The number of hydrogen-bond acceptors (Lipinski definition) is 6. The van der Waals surface area contributed by atoms with E-state index in [-0.39, 0.29) is 24.9 Å². The molecule has 2 rings (SSSR count). The number of carbonyl (C=O) groups excluding carboxylic acids is 1. The van der Waals surface area contributed by atoms with Gasteiger partial charge in [0.05, 0.1) is 7.11 Å². The first-order chi connectivity index (χ1) is 16.5. The molecule has 0 radical (unpaired) electrons. The lowest BCUT2D eigenvalue weighted by Crippen LogP contribution is -2.52. The lowest BCUT2D eigenvalue weighted by atomic mass is 10.0. The molecule has 0 heterocycles. The van der Waals surface area contributed by atoms with Crippen molar-refractivity contribution in [2.75, 3.05) is 41.0 Å². The summed E-state index contributed by atoms with van der Waals surface area (Å²) in [6.07, 6.45) is 0.515. The van der Waals surface area contributed by atoms with Crippen molar-refractivity contribution >= 4 is 16.1 Å². The zero-order valence-electron chi connectivity index (χ0n) is 20.7. The molecule has 0 saturated heterocycles. The largest absolute Gasteiger partial charge is 0.493 e. The van der Waals surface area contributed by atoms with E-state index in [0.29, 0.717) is 30.2 Å². The minimum absolute atomic E-state index is 0.228. The van der Waals surface area contributed by atoms with Gasteiger partial charge in [0.25, 0.3) is 10.2 Å². The number of rotatable bonds is 14. The summed E-state index contributed by atoms with van der Waals surface area (Å²) in [6, 6.07) is 10.3. The zero-order chi connectivity index (χ0) is 26.0. The number of halogens is 1. The quantitative estimate of drug-likeness (QED) is 0.377. The van der Waals surface area contributed by atoms with Gasteiger partial charge in [0.2, 0.25) is 5.91 Å². The van der Waals surface area contributed by atoms with Crippen LogP contribution in [0.4, 0.5) is 4.39 Å². The van der Waals surface area contributed by atoms with Crippen LogP contribution in [-0.2, 0) is 21.4 Å². The number of carbonyl (C=O) groups is 1. The number of amides is 1. The minimum Gasteiger partial charge on any atom is -0.493 e. The third-order valence-electron chi connectivity index (χ3n) is 5.07. The summed E-state index contributed by atoms with van der Waals surface area (Å²) in [6.45, 7) is 4.41. The molecule has 0 aromatic heterocycles. The predicted molar refractivity (Wildman–Crippen MR) is 131 cm³/mol. The van der Waals surface area contributed by atoms with Gasteiger partial charge in [-0.3, -0.25) is 4.79 Å². The molecule has 11 heteroatoms. The number of ether oxygens (including phenoxy) is 3. The number of hydrogen-bond donors (Lipinski definition) is 2. The van der Waals surface area contributed by atoms with E-state index in [9.17, 15) is 17.6 Å². The van der Waals surface area contributed by atoms with Gasteiger partial charge in [0.15, 0.2) is 11.5 Å². The molecule has 1 amide bonds. The van der Waals surface area contributed by atoms with Crippen molar-refractivity contribution in [1.29, 1.82) is 0 Å². The maximum atomic E-state index is 12.9. The molecule has 0 saturated carbocycles. The average molecular weight is 512 g/mol. The van der Waals surface area contributed by atoms with Crippen LogP contribution in [0.15, 0.2) is 42.5 Å². The van der Waals surface area contributed by atoms with Gasteiger partial charge in [0.1, 0.15) is 30.8 Å². The van der Waals surface area contributed by atoms with Crippen LogP contribution in [0.25, 0.3) is 0 Å². The Bertz CT molecular complexity index is 1060. The first-order valence-corrected chi connectivity index (χ1v) is 12.6. The van der Waals surface area contributed by atoms with Crippen LogP contribution in [-0.4, -0.2) is 65.6 Å². The van der Waals surface area contributed by atoms with Gasteiger partial charge in [0, 0.05) is 20.6 Å². The average Bonchev–Trinajstić information content (AvgIpc) is 2.81. The molecule has 0 aliphatic carbocycles. The van der Waals surface area contributed by atoms with Gasteiger partial charge < -0.3 is 19.5 Å². The number of benzene rings is 2. The van der Waals surface area contributed by atoms with Crippen LogP contribution >= 0.6 is 0 Å². The third kappa shape index (κ3) is 9.00. The molecule has 194 valence electrons. The van der Waals surface area contributed by atoms with E-state index in [1.54, 1.807) is 32.0 Å². The highest BCUT2D eigenvalue weighted by atomic mass is 32.2. The zero-order valence-corrected chi connectivity index (χ0v) is 21.5. The van der Waals surface area contributed by atoms with Crippen LogP contribution in [0.1, 0.15) is 19.4 Å². The Morgan fingerprint density at radius 3 is 2.29 bits per heavy atom. The molecule has 0 fully saturated rings. The molecule has 2 N–H and O–H groups in total. The van der Waals surface area contributed by atoms with Crippen molar-refractivity contribution in [2.24, 2.45) is 5.92 Å². The molecule has 2 aromatic carbocycles. The van der Waals surface area contributed by atoms with Crippen LogP contribution in [0.5, 0.6) is 17.2 Å². The normalized spacial score (nSPS) is 12.5. The first kappa shape index (κ1) is 28.3. The Balaban J connectivity index is 1.86. The highest BCUT2D eigenvalue weighted by molar-refractivity contribution is 7.87. The number of methoxy groups -OCH3 is 1. The Morgan fingerprint density at radius 1 is 1.03 bits per heavy atom. The van der Waals surface area contributed by atoms with Crippen molar-refractivity contribution in [3.63, 3.8) is 0 Å². The summed E-state index contributed by atoms with van der Waals surface area (Å²) in [7, 11) is 0.596. The standard InChI is InChI=1S/C24H34FN3O6S/c1-17(2)23(27-35(30,31)28(3)4)24(29)26-13-12-18-6-11-21(22(16-18)32-5)34-15-14-33-20-9-7-19(25)8-10-20/h6-11,16-17,23,27H,12-15H2,1-5H3,(H,26,29). The second kappa shape index (κ2) is 13.3. The number of nitrogens with zero attached hydrogens (tertiary/aromatic N) is 1. The maximum Gasteiger partial charge on any atom is 0.279 e. The Labute approximate surface area is 206 Å². The molecule has 0 aliphatic rings. The van der Waals surface area contributed by atoms with E-state index in [1.807, 2.05) is 12.1 Å². The van der Waals surface area contributed by atoms with Gasteiger partial charge in [-0.2, -0.15) is 17.4 Å². The van der Waals surface area contributed by atoms with E-state index in [0.717, 1.165) is 9.87 Å². The summed E-state index contributed by atoms with van der Waals surface area (Å²) in [5, 5.41) is 2.79. The highest BCUT2D eigenvalue weighted by Crippen LogP contribution is 2.28. The number of nitrogens with one attached hydrogen (secondary N) is 2. The monoisotopic (exact) mass is 511 g/mol. The van der Waals surface area contributed by atoms with E-state index in [4.69, 9.17) is 14.2 Å². The van der Waals surface area contributed by atoms with Crippen molar-refractivity contribution in [3.05, 3.63) is 53.8 Å². The van der Waals surface area contributed by atoms with Crippen LogP contribution < -0.4 is 24.2 Å². The van der Waals surface area contributed by atoms with Crippen molar-refractivity contribution in [3.8, 4) is 17.2 Å². The second-order valence-corrected chi connectivity index (χ2v) is 10.2. The molecule has 1 atom stereocenters. The Morgan fingerprint density at radius 2 is 1.69 bits per heavy atom. The molecule has 0 bridgehead atoms. The van der Waals surface area contributed by atoms with Gasteiger partial charge >= 0.3 is 0 Å². The lowest BCUT2D eigenvalue weighted by Gasteiger charge is -2.23. The molecule has 1 unspecified atom stereocenters. The third-order valence-corrected chi connectivity index (χ3v) is 6.58. The Kier molecular flexibility index (Phi) is 10.7. The minimum atomic E-state index is -3.74. The molecule has 2 aromatic rings. The fourth-order valence-electron chi connectivity index (χ4n) is 3.03. The van der Waals surface area contributed by atoms with E-state index < -0.39 is 22.2 Å². The fourth-order valence-corrected chi connectivity index (χ4v) is 3.94. The van der Waals surface area contributed by atoms with Crippen molar-refractivity contribution < 1.29 is 31.8 Å². The van der Waals surface area contributed by atoms with Crippen molar-refractivity contribution in [2.45, 2.75) is 26.3 Å². The second-order valence-electron chi connectivity index (χ2n) is 8.30.